The van der Waals surface area contributed by atoms with Gasteiger partial charge in [0.25, 0.3) is 0 Å². The highest BCUT2D eigenvalue weighted by Crippen LogP contribution is 2.44. The minimum atomic E-state index is -1.06. The minimum Gasteiger partial charge on any atom is -0.480 e. The molecule has 0 spiro atoms. The maximum absolute atomic E-state index is 12.2. The molecule has 0 aromatic heterocycles. The van der Waals surface area contributed by atoms with Gasteiger partial charge in [0.05, 0.1) is 0 Å². The van der Waals surface area contributed by atoms with E-state index in [-0.39, 0.29) is 12.5 Å². The summed E-state index contributed by atoms with van der Waals surface area (Å²) in [5, 5.41) is 11.8. The van der Waals surface area contributed by atoms with Crippen molar-refractivity contribution in [2.45, 2.75) is 31.2 Å². The summed E-state index contributed by atoms with van der Waals surface area (Å²) in [5.41, 5.74) is 4.53. The number of aliphatic carboxylic acids is 1. The molecule has 0 bridgehead atoms. The number of nitrogens with one attached hydrogen (secondary N) is 1. The molecule has 6 nitrogen and oxygen atoms in total. The molecule has 6 heteroatoms. The number of alkyl carbamates (subject to hydrolysis) is 1. The van der Waals surface area contributed by atoms with Gasteiger partial charge in [0.15, 0.2) is 0 Å². The number of hydrogen-bond acceptors (Lipinski definition) is 4. The van der Waals surface area contributed by atoms with Crippen molar-refractivity contribution in [3.63, 3.8) is 0 Å². The molecule has 0 fully saturated rings. The Labute approximate surface area is 164 Å². The molecule has 0 heterocycles. The summed E-state index contributed by atoms with van der Waals surface area (Å²) in [7, 11) is 1.60. The van der Waals surface area contributed by atoms with E-state index < -0.39 is 18.1 Å². The molecule has 0 saturated carbocycles. The first-order chi connectivity index (χ1) is 13.6. The van der Waals surface area contributed by atoms with Crippen LogP contribution in [-0.4, -0.2) is 43.5 Å². The molecule has 2 aromatic carbocycles. The van der Waals surface area contributed by atoms with Crippen LogP contribution in [0.15, 0.2) is 48.5 Å². The normalized spacial score (nSPS) is 13.5. The van der Waals surface area contributed by atoms with Crippen molar-refractivity contribution in [1.82, 2.24) is 5.32 Å². The number of carbonyl (C=O) groups excluding carboxylic acids is 1. The number of hydrogen-bond donors (Lipinski definition) is 2. The summed E-state index contributed by atoms with van der Waals surface area (Å²) >= 11 is 0. The Morgan fingerprint density at radius 2 is 1.64 bits per heavy atom. The van der Waals surface area contributed by atoms with Gasteiger partial charge < -0.3 is 19.9 Å². The molecule has 1 aliphatic carbocycles. The molecule has 0 saturated heterocycles. The predicted octanol–water partition coefficient (Wildman–Crippen LogP) is 3.80. The number of carboxylic acid groups (broad SMARTS) is 1. The molecule has 0 aliphatic heterocycles. The molecule has 1 aliphatic rings. The monoisotopic (exact) mass is 383 g/mol. The molecular weight excluding hydrogens is 358 g/mol. The lowest BCUT2D eigenvalue weighted by Gasteiger charge is -2.17. The van der Waals surface area contributed by atoms with Crippen LogP contribution in [0.4, 0.5) is 4.79 Å². The summed E-state index contributed by atoms with van der Waals surface area (Å²) in [4.78, 5) is 23.6. The lowest BCUT2D eigenvalue weighted by molar-refractivity contribution is -0.139. The van der Waals surface area contributed by atoms with Gasteiger partial charge in [0, 0.05) is 19.6 Å². The summed E-state index contributed by atoms with van der Waals surface area (Å²) < 4.78 is 10.4. The number of carbonyl (C=O) groups is 2. The minimum absolute atomic E-state index is 0.0527. The van der Waals surface area contributed by atoms with Crippen LogP contribution in [0.1, 0.15) is 36.3 Å². The average Bonchev–Trinajstić information content (AvgIpc) is 3.02. The van der Waals surface area contributed by atoms with E-state index in [1.54, 1.807) is 7.11 Å². The molecule has 148 valence electrons. The predicted molar refractivity (Wildman–Crippen MR) is 105 cm³/mol. The van der Waals surface area contributed by atoms with Crippen molar-refractivity contribution in [2.75, 3.05) is 20.3 Å². The third-order valence-electron chi connectivity index (χ3n) is 5.03. The van der Waals surface area contributed by atoms with Crippen molar-refractivity contribution in [1.29, 1.82) is 0 Å². The number of methoxy groups -OCH3 is 1. The number of fused-ring (bicyclic) bond motifs is 3. The summed E-state index contributed by atoms with van der Waals surface area (Å²) in [5.74, 6) is -1.12. The molecule has 0 unspecified atom stereocenters. The number of unbranched alkanes of at least 4 members (excludes halogenated alkanes) is 1. The number of benzene rings is 2. The molecule has 28 heavy (non-hydrogen) atoms. The van der Waals surface area contributed by atoms with Gasteiger partial charge in [0.2, 0.25) is 0 Å². The Morgan fingerprint density at radius 3 is 2.21 bits per heavy atom. The van der Waals surface area contributed by atoms with Crippen molar-refractivity contribution < 1.29 is 24.2 Å². The van der Waals surface area contributed by atoms with Crippen LogP contribution < -0.4 is 5.32 Å². The lowest BCUT2D eigenvalue weighted by atomic mass is 9.98. The quantitative estimate of drug-likeness (QED) is 0.644. The van der Waals surface area contributed by atoms with Crippen LogP contribution in [0.2, 0.25) is 0 Å². The largest absolute Gasteiger partial charge is 0.480 e. The van der Waals surface area contributed by atoms with E-state index in [4.69, 9.17) is 9.47 Å². The lowest BCUT2D eigenvalue weighted by Crippen LogP contribution is -2.41. The molecule has 2 aromatic rings. The summed E-state index contributed by atoms with van der Waals surface area (Å²) in [6, 6.07) is 15.2. The Hall–Kier alpha value is -2.86. The Balaban J connectivity index is 1.60. The van der Waals surface area contributed by atoms with Crippen molar-refractivity contribution in [3.05, 3.63) is 59.7 Å². The number of rotatable bonds is 9. The average molecular weight is 383 g/mol. The highest BCUT2D eigenvalue weighted by Gasteiger charge is 2.29. The Morgan fingerprint density at radius 1 is 1.04 bits per heavy atom. The first-order valence-electron chi connectivity index (χ1n) is 9.45. The van der Waals surface area contributed by atoms with Crippen LogP contribution in [0.3, 0.4) is 0 Å². The van der Waals surface area contributed by atoms with Gasteiger partial charge in [-0.05, 0) is 41.5 Å². The van der Waals surface area contributed by atoms with Gasteiger partial charge in [-0.1, -0.05) is 48.5 Å². The van der Waals surface area contributed by atoms with Gasteiger partial charge in [-0.15, -0.1) is 0 Å². The van der Waals surface area contributed by atoms with Gasteiger partial charge in [-0.25, -0.2) is 9.59 Å². The van der Waals surface area contributed by atoms with Gasteiger partial charge in [-0.3, -0.25) is 0 Å². The third-order valence-corrected chi connectivity index (χ3v) is 5.03. The molecular formula is C22H25NO5. The van der Waals surface area contributed by atoms with Crippen LogP contribution in [-0.2, 0) is 14.3 Å². The Bertz CT molecular complexity index is 790. The standard InChI is InChI=1S/C22H25NO5/c1-27-13-7-6-12-20(21(24)25)23-22(26)28-14-19-17-10-4-2-8-15(17)16-9-3-5-11-18(16)19/h2-5,8-11,19-20H,6-7,12-14H2,1H3,(H,23,26)(H,24,25)/t20-/m0/s1. The topological polar surface area (TPSA) is 84.9 Å². The zero-order chi connectivity index (χ0) is 19.9. The molecule has 1 atom stereocenters. The van der Waals surface area contributed by atoms with Crippen molar-refractivity contribution in [3.8, 4) is 11.1 Å². The van der Waals surface area contributed by atoms with Gasteiger partial charge in [-0.2, -0.15) is 0 Å². The molecule has 2 N–H and O–H groups in total. The van der Waals surface area contributed by atoms with E-state index in [9.17, 15) is 14.7 Å². The number of ether oxygens (including phenoxy) is 2. The fourth-order valence-electron chi connectivity index (χ4n) is 3.63. The second kappa shape index (κ2) is 9.37. The molecule has 0 radical (unpaired) electrons. The second-order valence-electron chi connectivity index (χ2n) is 6.85. The van der Waals surface area contributed by atoms with E-state index in [0.29, 0.717) is 19.4 Å². The summed E-state index contributed by atoms with van der Waals surface area (Å²) in [6.45, 7) is 0.729. The maximum atomic E-state index is 12.2. The van der Waals surface area contributed by atoms with Crippen LogP contribution >= 0.6 is 0 Å². The number of amides is 1. The number of carboxylic acids is 1. The van der Waals surface area contributed by atoms with Crippen LogP contribution in [0.25, 0.3) is 11.1 Å². The summed E-state index contributed by atoms with van der Waals surface area (Å²) in [6.07, 6.45) is 1.02. The maximum Gasteiger partial charge on any atom is 0.407 e. The zero-order valence-corrected chi connectivity index (χ0v) is 15.9. The van der Waals surface area contributed by atoms with Crippen molar-refractivity contribution in [2.24, 2.45) is 0 Å². The van der Waals surface area contributed by atoms with Gasteiger partial charge in [0.1, 0.15) is 12.6 Å². The molecule has 1 amide bonds. The second-order valence-corrected chi connectivity index (χ2v) is 6.85. The smallest absolute Gasteiger partial charge is 0.407 e. The van der Waals surface area contributed by atoms with E-state index in [1.165, 1.54) is 0 Å². The van der Waals surface area contributed by atoms with E-state index in [1.807, 2.05) is 36.4 Å². The van der Waals surface area contributed by atoms with Crippen molar-refractivity contribution >= 4 is 12.1 Å². The Kier molecular flexibility index (Phi) is 6.66. The first-order valence-corrected chi connectivity index (χ1v) is 9.45. The molecule has 3 rings (SSSR count). The van der Waals surface area contributed by atoms with Crippen LogP contribution in [0, 0.1) is 0 Å². The highest BCUT2D eigenvalue weighted by atomic mass is 16.5. The van der Waals surface area contributed by atoms with E-state index >= 15 is 0 Å². The highest BCUT2D eigenvalue weighted by molar-refractivity contribution is 5.81. The first kappa shape index (κ1) is 19.9. The fraction of sp³-hybridized carbons (Fsp3) is 0.364. The third kappa shape index (κ3) is 4.51. The van der Waals surface area contributed by atoms with Crippen LogP contribution in [0.5, 0.6) is 0 Å². The van der Waals surface area contributed by atoms with E-state index in [2.05, 4.69) is 17.4 Å². The van der Waals surface area contributed by atoms with Gasteiger partial charge >= 0.3 is 12.1 Å². The zero-order valence-electron chi connectivity index (χ0n) is 15.9. The van der Waals surface area contributed by atoms with E-state index in [0.717, 1.165) is 28.7 Å². The SMILES string of the molecule is COCCCC[C@H](NC(=O)OCC1c2ccccc2-c2ccccc21)C(=O)O. The fourth-order valence-corrected chi connectivity index (χ4v) is 3.63.